The van der Waals surface area contributed by atoms with Crippen molar-refractivity contribution in [1.29, 1.82) is 0 Å². The molecule has 34 heavy (non-hydrogen) atoms. The van der Waals surface area contributed by atoms with Crippen LogP contribution in [0.15, 0.2) is 108 Å². The molecule has 0 aliphatic carbocycles. The Hall–Kier alpha value is -3.74. The second-order valence-electron chi connectivity index (χ2n) is 7.53. The molecule has 1 unspecified atom stereocenters. The lowest BCUT2D eigenvalue weighted by Crippen LogP contribution is -2.37. The maximum absolute atomic E-state index is 12.1. The Kier molecular flexibility index (Phi) is 8.73. The number of nitrogens with zero attached hydrogens (tertiary/aromatic N) is 2. The second kappa shape index (κ2) is 11.9. The predicted molar refractivity (Wildman–Crippen MR) is 135 cm³/mol. The first kappa shape index (κ1) is 24.9. The van der Waals surface area contributed by atoms with Crippen molar-refractivity contribution >= 4 is 5.82 Å². The van der Waals surface area contributed by atoms with Gasteiger partial charge in [-0.05, 0) is 22.8 Å². The summed E-state index contributed by atoms with van der Waals surface area (Å²) < 4.78 is 7.89. The maximum atomic E-state index is 12.1. The van der Waals surface area contributed by atoms with Crippen molar-refractivity contribution in [3.8, 4) is 0 Å². The molecule has 4 rings (SSSR count). The molecule has 1 heterocycles. The van der Waals surface area contributed by atoms with Gasteiger partial charge >= 0.3 is 5.69 Å². The summed E-state index contributed by atoms with van der Waals surface area (Å²) in [6, 6.07) is 31.3. The van der Waals surface area contributed by atoms with Crippen LogP contribution in [0.5, 0.6) is 0 Å². The standard InChI is InChI=1S/C26H25N3O3.C2H6/c27-24-16-17-29(25(31)28-24)18-23(30)19-32-26(20-10-4-1-5-11-20,21-12-6-2-7-13-21)22-14-8-3-9-15-22;1-2/h1-17,23,30H,18-19H2,(H2,27,28,31);1-2H3. The molecule has 0 saturated carbocycles. The largest absolute Gasteiger partial charge is 0.389 e. The number of nitrogen functional groups attached to an aromatic ring is 1. The van der Waals surface area contributed by atoms with Gasteiger partial charge in [-0.15, -0.1) is 0 Å². The number of nitrogens with two attached hydrogens (primary N) is 1. The van der Waals surface area contributed by atoms with E-state index < -0.39 is 17.4 Å². The van der Waals surface area contributed by atoms with Crippen LogP contribution in [0.2, 0.25) is 0 Å². The molecule has 0 aliphatic heterocycles. The first-order chi connectivity index (χ1) is 16.6. The van der Waals surface area contributed by atoms with E-state index in [-0.39, 0.29) is 19.0 Å². The highest BCUT2D eigenvalue weighted by Crippen LogP contribution is 2.40. The number of hydrogen-bond donors (Lipinski definition) is 2. The van der Waals surface area contributed by atoms with Crippen LogP contribution in [0, 0.1) is 0 Å². The number of ether oxygens (including phenoxy) is 1. The van der Waals surface area contributed by atoms with Crippen LogP contribution in [0.1, 0.15) is 30.5 Å². The van der Waals surface area contributed by atoms with Gasteiger partial charge in [0, 0.05) is 6.20 Å². The Labute approximate surface area is 200 Å². The highest BCUT2D eigenvalue weighted by atomic mass is 16.5. The van der Waals surface area contributed by atoms with E-state index >= 15 is 0 Å². The van der Waals surface area contributed by atoms with Crippen LogP contribution in [-0.2, 0) is 16.9 Å². The predicted octanol–water partition coefficient (Wildman–Crippen LogP) is 4.22. The minimum atomic E-state index is -0.936. The van der Waals surface area contributed by atoms with Gasteiger partial charge < -0.3 is 15.6 Å². The average molecular weight is 458 g/mol. The van der Waals surface area contributed by atoms with Crippen molar-refractivity contribution in [2.24, 2.45) is 0 Å². The maximum Gasteiger partial charge on any atom is 0.349 e. The number of hydrogen-bond acceptors (Lipinski definition) is 5. The molecule has 3 N–H and O–H groups in total. The van der Waals surface area contributed by atoms with Crippen molar-refractivity contribution in [2.75, 3.05) is 12.3 Å². The van der Waals surface area contributed by atoms with E-state index in [9.17, 15) is 9.90 Å². The third-order valence-corrected chi connectivity index (χ3v) is 5.34. The molecule has 0 fully saturated rings. The molecule has 0 radical (unpaired) electrons. The van der Waals surface area contributed by atoms with E-state index in [0.29, 0.717) is 0 Å². The summed E-state index contributed by atoms with van der Waals surface area (Å²) >= 11 is 0. The van der Waals surface area contributed by atoms with E-state index in [1.807, 2.05) is 105 Å². The van der Waals surface area contributed by atoms with Gasteiger partial charge in [0.05, 0.1) is 19.3 Å². The molecule has 0 spiro atoms. The monoisotopic (exact) mass is 457 g/mol. The average Bonchev–Trinajstić information content (AvgIpc) is 2.89. The minimum absolute atomic E-state index is 0.00446. The molecule has 0 aliphatic rings. The highest BCUT2D eigenvalue weighted by Gasteiger charge is 2.38. The van der Waals surface area contributed by atoms with Crippen LogP contribution >= 0.6 is 0 Å². The van der Waals surface area contributed by atoms with Crippen LogP contribution in [0.25, 0.3) is 0 Å². The van der Waals surface area contributed by atoms with Gasteiger partial charge in [0.15, 0.2) is 0 Å². The Morgan fingerprint density at radius 2 is 1.29 bits per heavy atom. The van der Waals surface area contributed by atoms with Crippen molar-refractivity contribution in [3.05, 3.63) is 130 Å². The summed E-state index contributed by atoms with van der Waals surface area (Å²) in [6.45, 7) is 4.04. The van der Waals surface area contributed by atoms with Crippen molar-refractivity contribution < 1.29 is 9.84 Å². The lowest BCUT2D eigenvalue weighted by Gasteiger charge is -2.36. The molecule has 0 bridgehead atoms. The molecule has 6 heteroatoms. The third kappa shape index (κ3) is 5.60. The zero-order chi connectivity index (χ0) is 24.4. The molecule has 6 nitrogen and oxygen atoms in total. The molecule has 1 atom stereocenters. The first-order valence-corrected chi connectivity index (χ1v) is 11.4. The van der Waals surface area contributed by atoms with Crippen LogP contribution in [0.4, 0.5) is 5.82 Å². The number of rotatable bonds is 8. The van der Waals surface area contributed by atoms with Gasteiger partial charge in [0.25, 0.3) is 0 Å². The number of aromatic nitrogens is 2. The van der Waals surface area contributed by atoms with E-state index in [1.165, 1.54) is 16.8 Å². The molecular weight excluding hydrogens is 426 g/mol. The summed E-state index contributed by atoms with van der Waals surface area (Å²) in [6.07, 6.45) is 0.584. The smallest absolute Gasteiger partial charge is 0.349 e. The van der Waals surface area contributed by atoms with E-state index in [4.69, 9.17) is 10.5 Å². The summed E-state index contributed by atoms with van der Waals surface area (Å²) in [5.41, 5.74) is 6.93. The van der Waals surface area contributed by atoms with E-state index in [0.717, 1.165) is 16.7 Å². The van der Waals surface area contributed by atoms with Gasteiger partial charge in [0.2, 0.25) is 0 Å². The SMILES string of the molecule is CC.Nc1ccn(CC(O)COC(c2ccccc2)(c2ccccc2)c2ccccc2)c(=O)n1. The van der Waals surface area contributed by atoms with Gasteiger partial charge in [-0.3, -0.25) is 4.57 Å². The molecule has 4 aromatic rings. The molecular formula is C28H31N3O3. The molecule has 0 amide bonds. The Bertz CT molecular complexity index is 1100. The zero-order valence-corrected chi connectivity index (χ0v) is 19.5. The summed E-state index contributed by atoms with van der Waals surface area (Å²) in [4.78, 5) is 15.8. The summed E-state index contributed by atoms with van der Waals surface area (Å²) in [5, 5.41) is 10.8. The van der Waals surface area contributed by atoms with Gasteiger partial charge in [-0.1, -0.05) is 105 Å². The fourth-order valence-electron chi connectivity index (χ4n) is 3.85. The fourth-order valence-corrected chi connectivity index (χ4v) is 3.85. The highest BCUT2D eigenvalue weighted by molar-refractivity contribution is 5.47. The number of aliphatic hydroxyl groups is 1. The van der Waals surface area contributed by atoms with E-state index in [2.05, 4.69) is 4.98 Å². The number of anilines is 1. The van der Waals surface area contributed by atoms with Crippen LogP contribution < -0.4 is 11.4 Å². The molecule has 176 valence electrons. The lowest BCUT2D eigenvalue weighted by molar-refractivity contribution is -0.0426. The van der Waals surface area contributed by atoms with Crippen molar-refractivity contribution in [2.45, 2.75) is 32.1 Å². The van der Waals surface area contributed by atoms with Gasteiger partial charge in [-0.25, -0.2) is 4.79 Å². The van der Waals surface area contributed by atoms with Gasteiger partial charge in [0.1, 0.15) is 11.4 Å². The van der Waals surface area contributed by atoms with Crippen molar-refractivity contribution in [3.63, 3.8) is 0 Å². The Morgan fingerprint density at radius 1 is 0.853 bits per heavy atom. The summed E-state index contributed by atoms with van der Waals surface area (Å²) in [7, 11) is 0. The summed E-state index contributed by atoms with van der Waals surface area (Å²) in [5.74, 6) is 0.147. The third-order valence-electron chi connectivity index (χ3n) is 5.34. The first-order valence-electron chi connectivity index (χ1n) is 11.4. The quantitative estimate of drug-likeness (QED) is 0.387. The van der Waals surface area contributed by atoms with Crippen LogP contribution in [-0.4, -0.2) is 27.4 Å². The zero-order valence-electron chi connectivity index (χ0n) is 19.5. The normalized spacial score (nSPS) is 11.9. The second-order valence-corrected chi connectivity index (χ2v) is 7.53. The minimum Gasteiger partial charge on any atom is -0.389 e. The Balaban J connectivity index is 0.00000158. The van der Waals surface area contributed by atoms with Crippen molar-refractivity contribution in [1.82, 2.24) is 9.55 Å². The topological polar surface area (TPSA) is 90.4 Å². The Morgan fingerprint density at radius 3 is 1.71 bits per heavy atom. The van der Waals surface area contributed by atoms with E-state index in [1.54, 1.807) is 0 Å². The molecule has 0 saturated heterocycles. The lowest BCUT2D eigenvalue weighted by atomic mass is 9.80. The molecule has 3 aromatic carbocycles. The number of aliphatic hydroxyl groups excluding tert-OH is 1. The molecule has 1 aromatic heterocycles. The number of benzene rings is 3. The van der Waals surface area contributed by atoms with Crippen LogP contribution in [0.3, 0.4) is 0 Å². The fraction of sp³-hybridized carbons (Fsp3) is 0.214. The van der Waals surface area contributed by atoms with Gasteiger partial charge in [-0.2, -0.15) is 4.98 Å².